The Bertz CT molecular complexity index is 1460. The molecule has 0 heterocycles. The van der Waals surface area contributed by atoms with Gasteiger partial charge in [0.05, 0.1) is 18.2 Å². The second-order valence-corrected chi connectivity index (χ2v) is 9.07. The Kier molecular flexibility index (Phi) is 9.30. The molecule has 0 spiro atoms. The molecule has 0 unspecified atom stereocenters. The number of aliphatic hydroxyl groups is 1. The lowest BCUT2D eigenvalue weighted by atomic mass is 9.97. The number of aliphatic hydroxyl groups excluding tert-OH is 1. The van der Waals surface area contributed by atoms with E-state index in [0.29, 0.717) is 29.2 Å². The van der Waals surface area contributed by atoms with E-state index in [1.54, 1.807) is 24.3 Å². The van der Waals surface area contributed by atoms with E-state index in [9.17, 15) is 20.3 Å². The van der Waals surface area contributed by atoms with Crippen molar-refractivity contribution < 1.29 is 24.5 Å². The lowest BCUT2D eigenvalue weighted by Crippen LogP contribution is -2.39. The summed E-state index contributed by atoms with van der Waals surface area (Å²) in [7, 11) is 0. The van der Waals surface area contributed by atoms with Gasteiger partial charge >= 0.3 is 5.97 Å². The van der Waals surface area contributed by atoms with Crippen molar-refractivity contribution in [2.24, 2.45) is 0 Å². The van der Waals surface area contributed by atoms with E-state index in [1.807, 2.05) is 48.5 Å². The zero-order valence-corrected chi connectivity index (χ0v) is 21.6. The second kappa shape index (κ2) is 13.2. The molecule has 0 bridgehead atoms. The highest BCUT2D eigenvalue weighted by atomic mass is 16.5. The first kappa shape index (κ1) is 27.4. The van der Waals surface area contributed by atoms with E-state index in [4.69, 9.17) is 9.47 Å². The van der Waals surface area contributed by atoms with Gasteiger partial charge in [-0.05, 0) is 52.9 Å². The highest BCUT2D eigenvalue weighted by Crippen LogP contribution is 2.29. The molecule has 0 aliphatic carbocycles. The maximum atomic E-state index is 11.3. The zero-order valence-electron chi connectivity index (χ0n) is 21.6. The number of rotatable bonds is 12. The number of hydrogen-bond acceptors (Lipinski definition) is 6. The normalized spacial score (nSPS) is 11.4. The maximum Gasteiger partial charge on any atom is 0.323 e. The third kappa shape index (κ3) is 7.23. The average Bonchev–Trinajstić information content (AvgIpc) is 2.97. The highest BCUT2D eigenvalue weighted by molar-refractivity contribution is 5.73. The average molecular weight is 523 g/mol. The number of hydrogen-bond donors (Lipinski definition) is 3. The lowest BCUT2D eigenvalue weighted by molar-refractivity contribution is -0.140. The van der Waals surface area contributed by atoms with Gasteiger partial charge in [0.2, 0.25) is 0 Å². The topological polar surface area (TPSA) is 112 Å². The third-order valence-corrected chi connectivity index (χ3v) is 6.43. The number of benzene rings is 4. The molecule has 3 N–H and O–H groups in total. The number of aliphatic carboxylic acids is 1. The summed E-state index contributed by atoms with van der Waals surface area (Å²) in [6.07, 6.45) is 0. The summed E-state index contributed by atoms with van der Waals surface area (Å²) in [6.45, 7) is 2.30. The van der Waals surface area contributed by atoms with E-state index >= 15 is 0 Å². The Hall–Kier alpha value is -4.64. The van der Waals surface area contributed by atoms with Gasteiger partial charge in [0, 0.05) is 18.2 Å². The van der Waals surface area contributed by atoms with Crippen molar-refractivity contribution in [2.75, 3.05) is 6.61 Å². The van der Waals surface area contributed by atoms with E-state index in [2.05, 4.69) is 36.5 Å². The summed E-state index contributed by atoms with van der Waals surface area (Å²) >= 11 is 0. The summed E-state index contributed by atoms with van der Waals surface area (Å²) < 4.78 is 12.3. The van der Waals surface area contributed by atoms with E-state index in [0.717, 1.165) is 27.8 Å². The number of ether oxygens (including phenoxy) is 2. The van der Waals surface area contributed by atoms with Crippen LogP contribution in [0.4, 0.5) is 0 Å². The number of carboxylic acid groups (broad SMARTS) is 1. The van der Waals surface area contributed by atoms with Crippen LogP contribution in [0.2, 0.25) is 0 Å². The monoisotopic (exact) mass is 522 g/mol. The number of carbonyl (C=O) groups is 1. The smallest absolute Gasteiger partial charge is 0.323 e. The van der Waals surface area contributed by atoms with E-state index in [-0.39, 0.29) is 13.2 Å². The van der Waals surface area contributed by atoms with Gasteiger partial charge in [-0.1, -0.05) is 66.7 Å². The molecule has 7 heteroatoms. The fourth-order valence-corrected chi connectivity index (χ4v) is 4.19. The number of carboxylic acids is 1. The van der Waals surface area contributed by atoms with Gasteiger partial charge in [-0.15, -0.1) is 0 Å². The molecule has 0 aromatic heterocycles. The Morgan fingerprint density at radius 2 is 1.72 bits per heavy atom. The largest absolute Gasteiger partial charge is 0.489 e. The third-order valence-electron chi connectivity index (χ3n) is 6.43. The molecule has 0 amide bonds. The van der Waals surface area contributed by atoms with Crippen molar-refractivity contribution in [3.63, 3.8) is 0 Å². The first-order chi connectivity index (χ1) is 19.0. The molecular formula is C32H30N2O5. The van der Waals surface area contributed by atoms with Crippen molar-refractivity contribution >= 4 is 5.97 Å². The van der Waals surface area contributed by atoms with Crippen LogP contribution in [-0.2, 0) is 24.6 Å². The Balaban J connectivity index is 1.53. The van der Waals surface area contributed by atoms with Crippen molar-refractivity contribution in [3.8, 4) is 28.7 Å². The molecule has 0 fully saturated rings. The summed E-state index contributed by atoms with van der Waals surface area (Å²) in [5, 5.41) is 30.6. The molecule has 0 saturated heterocycles. The standard InChI is InChI=1S/C32H30N2O5/c1-22-27(11-6-12-29(22)25-9-3-2-4-10-25)21-38-28-14-13-26(18-34-30(19-35)32(36)37)31(16-28)39-20-24-8-5-7-23(15-24)17-33/h2-16,30,34-35H,18-21H2,1H3,(H,36,37)/t30-/m0/s1. The summed E-state index contributed by atoms with van der Waals surface area (Å²) in [6, 6.07) is 29.9. The van der Waals surface area contributed by atoms with Crippen LogP contribution < -0.4 is 14.8 Å². The number of nitriles is 1. The van der Waals surface area contributed by atoms with Crippen LogP contribution in [0.25, 0.3) is 11.1 Å². The first-order valence-corrected chi connectivity index (χ1v) is 12.6. The van der Waals surface area contributed by atoms with Crippen LogP contribution in [0.1, 0.15) is 27.8 Å². The van der Waals surface area contributed by atoms with Crippen molar-refractivity contribution in [2.45, 2.75) is 32.7 Å². The maximum absolute atomic E-state index is 11.3. The Morgan fingerprint density at radius 3 is 2.46 bits per heavy atom. The summed E-state index contributed by atoms with van der Waals surface area (Å²) in [4.78, 5) is 11.3. The fraction of sp³-hybridized carbons (Fsp3) is 0.188. The Labute approximate surface area is 227 Å². The molecule has 4 aromatic carbocycles. The second-order valence-electron chi connectivity index (χ2n) is 9.07. The van der Waals surface area contributed by atoms with Crippen molar-refractivity contribution in [1.82, 2.24) is 5.32 Å². The fourth-order valence-electron chi connectivity index (χ4n) is 4.19. The molecule has 0 radical (unpaired) electrons. The van der Waals surface area contributed by atoms with Crippen LogP contribution in [0.15, 0.2) is 91.0 Å². The molecule has 0 saturated carbocycles. The molecule has 39 heavy (non-hydrogen) atoms. The molecule has 1 atom stereocenters. The molecule has 7 nitrogen and oxygen atoms in total. The molecule has 198 valence electrons. The molecule has 4 rings (SSSR count). The summed E-state index contributed by atoms with van der Waals surface area (Å²) in [5.74, 6) is -0.0264. The minimum absolute atomic E-state index is 0.170. The van der Waals surface area contributed by atoms with Gasteiger partial charge in [0.25, 0.3) is 0 Å². The first-order valence-electron chi connectivity index (χ1n) is 12.6. The predicted molar refractivity (Wildman–Crippen MR) is 148 cm³/mol. The lowest BCUT2D eigenvalue weighted by Gasteiger charge is -2.17. The van der Waals surface area contributed by atoms with Gasteiger partial charge in [-0.2, -0.15) is 5.26 Å². The number of nitrogens with zero attached hydrogens (tertiary/aromatic N) is 1. The number of nitrogens with one attached hydrogen (secondary N) is 1. The molecular weight excluding hydrogens is 492 g/mol. The SMILES string of the molecule is Cc1c(COc2ccc(CN[C@@H](CO)C(=O)O)c(OCc3cccc(C#N)c3)c2)cccc1-c1ccccc1. The minimum atomic E-state index is -1.14. The highest BCUT2D eigenvalue weighted by Gasteiger charge is 2.17. The van der Waals surface area contributed by atoms with Crippen LogP contribution in [0.5, 0.6) is 11.5 Å². The zero-order chi connectivity index (χ0) is 27.6. The van der Waals surface area contributed by atoms with Crippen molar-refractivity contribution in [1.29, 1.82) is 5.26 Å². The minimum Gasteiger partial charge on any atom is -0.489 e. The van der Waals surface area contributed by atoms with E-state index in [1.165, 1.54) is 0 Å². The predicted octanol–water partition coefficient (Wildman–Crippen LogP) is 5.23. The van der Waals surface area contributed by atoms with Crippen LogP contribution in [0.3, 0.4) is 0 Å². The molecule has 0 aliphatic rings. The van der Waals surface area contributed by atoms with Crippen molar-refractivity contribution in [3.05, 3.63) is 119 Å². The van der Waals surface area contributed by atoms with E-state index < -0.39 is 18.6 Å². The molecule has 0 aliphatic heterocycles. The summed E-state index contributed by atoms with van der Waals surface area (Å²) in [5.41, 5.74) is 6.57. The van der Waals surface area contributed by atoms with Gasteiger partial charge < -0.3 is 19.7 Å². The van der Waals surface area contributed by atoms with Gasteiger partial charge in [-0.3, -0.25) is 10.1 Å². The quantitative estimate of drug-likeness (QED) is 0.234. The van der Waals surface area contributed by atoms with Crippen LogP contribution >= 0.6 is 0 Å². The van der Waals surface area contributed by atoms with Gasteiger partial charge in [-0.25, -0.2) is 0 Å². The van der Waals surface area contributed by atoms with Gasteiger partial charge in [0.15, 0.2) is 0 Å². The van der Waals surface area contributed by atoms with Gasteiger partial charge in [0.1, 0.15) is 30.8 Å². The molecule has 4 aromatic rings. The van der Waals surface area contributed by atoms with Crippen LogP contribution in [0, 0.1) is 18.3 Å². The Morgan fingerprint density at radius 1 is 0.923 bits per heavy atom. The van der Waals surface area contributed by atoms with Crippen LogP contribution in [-0.4, -0.2) is 28.8 Å².